The molecule has 31 heavy (non-hydrogen) atoms. The monoisotopic (exact) mass is 424 g/mol. The largest absolute Gasteiger partial charge is 0.277 e. The zero-order valence-corrected chi connectivity index (χ0v) is 18.0. The molecule has 152 valence electrons. The number of aromatic nitrogens is 2. The van der Waals surface area contributed by atoms with Crippen LogP contribution in [0.3, 0.4) is 0 Å². The molecule has 1 aromatic heterocycles. The normalized spacial score (nSPS) is 16.5. The number of benzene rings is 3. The molecule has 0 bridgehead atoms. The Hall–Kier alpha value is -3.36. The summed E-state index contributed by atoms with van der Waals surface area (Å²) in [5.74, 6) is 0.596. The van der Waals surface area contributed by atoms with E-state index in [4.69, 9.17) is 0 Å². The minimum absolute atomic E-state index is 0.107. The molecule has 1 aliphatic heterocycles. The number of hydrogen-bond acceptors (Lipinski definition) is 3. The molecule has 1 aliphatic rings. The van der Waals surface area contributed by atoms with Crippen LogP contribution in [-0.4, -0.2) is 28.1 Å². The first-order chi connectivity index (χ1) is 15.3. The Morgan fingerprint density at radius 1 is 0.677 bits per heavy atom. The van der Waals surface area contributed by atoms with Gasteiger partial charge in [0.1, 0.15) is 23.2 Å². The Bertz CT molecular complexity index is 1060. The Kier molecular flexibility index (Phi) is 5.31. The number of hydrogen-bond donors (Lipinski definition) is 0. The number of carbonyl (C=O) groups excluding carboxylic acids is 1. The van der Waals surface area contributed by atoms with Crippen LogP contribution in [0.15, 0.2) is 109 Å². The average molecular weight is 424 g/mol. The fraction of sp³-hybridized carbons (Fsp3) is 0.115. The van der Waals surface area contributed by atoms with Gasteiger partial charge >= 0.3 is 0 Å². The summed E-state index contributed by atoms with van der Waals surface area (Å²) in [4.78, 5) is 24.4. The van der Waals surface area contributed by atoms with E-state index in [1.807, 2.05) is 18.2 Å². The van der Waals surface area contributed by atoms with Gasteiger partial charge in [-0.05, 0) is 42.5 Å². The van der Waals surface area contributed by atoms with E-state index in [9.17, 15) is 4.79 Å². The Labute approximate surface area is 183 Å². The van der Waals surface area contributed by atoms with Gasteiger partial charge in [0.15, 0.2) is 5.66 Å². The molecule has 5 heteroatoms. The fourth-order valence-corrected chi connectivity index (χ4v) is 9.50. The van der Waals surface area contributed by atoms with Crippen molar-refractivity contribution >= 4 is 35.0 Å². The van der Waals surface area contributed by atoms with Crippen LogP contribution in [0.25, 0.3) is 0 Å². The molecule has 0 unspecified atom stereocenters. The first-order valence-corrected chi connectivity index (χ1v) is 12.3. The maximum Gasteiger partial charge on any atom is 0.271 e. The van der Waals surface area contributed by atoms with E-state index < -0.39 is 7.26 Å². The first-order valence-electron chi connectivity index (χ1n) is 10.5. The predicted molar refractivity (Wildman–Crippen MR) is 128 cm³/mol. The third kappa shape index (κ3) is 3.34. The highest BCUT2D eigenvalue weighted by Gasteiger charge is 2.59. The smallest absolute Gasteiger partial charge is 0.271 e. The van der Waals surface area contributed by atoms with Crippen molar-refractivity contribution in [2.45, 2.75) is 12.1 Å². The maximum atomic E-state index is 13.9. The van der Waals surface area contributed by atoms with Crippen molar-refractivity contribution in [1.82, 2.24) is 9.97 Å². The van der Waals surface area contributed by atoms with Crippen LogP contribution in [0.2, 0.25) is 0 Å². The second-order valence-electron chi connectivity index (χ2n) is 7.57. The minimum atomic E-state index is -2.26. The predicted octanol–water partition coefficient (Wildman–Crippen LogP) is 3.58. The molecule has 0 spiro atoms. The molecular weight excluding hydrogens is 401 g/mol. The van der Waals surface area contributed by atoms with Gasteiger partial charge in [-0.15, -0.1) is 0 Å². The number of anilines is 1. The van der Waals surface area contributed by atoms with Gasteiger partial charge < -0.3 is 0 Å². The van der Waals surface area contributed by atoms with Crippen LogP contribution in [0.1, 0.15) is 6.42 Å². The zero-order chi connectivity index (χ0) is 21.1. The summed E-state index contributed by atoms with van der Waals surface area (Å²) in [6, 6.07) is 33.4. The van der Waals surface area contributed by atoms with Crippen LogP contribution < -0.4 is 20.8 Å². The van der Waals surface area contributed by atoms with Gasteiger partial charge in [0.25, 0.3) is 5.91 Å². The summed E-state index contributed by atoms with van der Waals surface area (Å²) in [7, 11) is -2.26. The van der Waals surface area contributed by atoms with E-state index in [1.54, 1.807) is 23.4 Å². The Balaban J connectivity index is 1.74. The van der Waals surface area contributed by atoms with Crippen molar-refractivity contribution in [1.29, 1.82) is 0 Å². The molecule has 0 aliphatic carbocycles. The van der Waals surface area contributed by atoms with Gasteiger partial charge in [-0.2, -0.15) is 0 Å². The summed E-state index contributed by atoms with van der Waals surface area (Å²) in [5, 5.41) is 3.67. The van der Waals surface area contributed by atoms with Crippen molar-refractivity contribution in [3.63, 3.8) is 0 Å². The fourth-order valence-electron chi connectivity index (χ4n) is 4.63. The summed E-state index contributed by atoms with van der Waals surface area (Å²) in [6.07, 6.45) is 4.15. The Morgan fingerprint density at radius 3 is 1.58 bits per heavy atom. The van der Waals surface area contributed by atoms with Crippen LogP contribution in [0.4, 0.5) is 5.95 Å². The SMILES string of the molecule is O=C1[C@H]([P+](c2ccccc2)(c2ccccc2)c2ccccc2)CCN1c1ncccn1. The number of nitrogens with zero attached hydrogens (tertiary/aromatic N) is 3. The molecule has 1 fully saturated rings. The van der Waals surface area contributed by atoms with Gasteiger partial charge in [0.2, 0.25) is 5.95 Å². The van der Waals surface area contributed by atoms with Crippen molar-refractivity contribution in [3.05, 3.63) is 109 Å². The third-order valence-electron chi connectivity index (χ3n) is 5.93. The standard InChI is InChI=1S/C26H23N3OP/c30-25-24(17-20-29(25)26-27-18-10-19-28-26)31(21-11-4-1-5-12-21,22-13-6-2-7-14-22)23-15-8-3-9-16-23/h1-16,18-19,24H,17,20H2/q+1/t24-/m1/s1. The number of carbonyl (C=O) groups is 1. The second-order valence-corrected chi connectivity index (χ2v) is 11.2. The molecular formula is C26H23N3OP+. The van der Waals surface area contributed by atoms with Crippen molar-refractivity contribution in [3.8, 4) is 0 Å². The summed E-state index contributed by atoms with van der Waals surface area (Å²) in [5.41, 5.74) is -0.163. The van der Waals surface area contributed by atoms with Crippen molar-refractivity contribution < 1.29 is 4.79 Å². The van der Waals surface area contributed by atoms with Crippen molar-refractivity contribution in [2.75, 3.05) is 11.4 Å². The quantitative estimate of drug-likeness (QED) is 0.460. The van der Waals surface area contributed by atoms with E-state index in [-0.39, 0.29) is 11.6 Å². The highest BCUT2D eigenvalue weighted by molar-refractivity contribution is 7.97. The zero-order valence-electron chi connectivity index (χ0n) is 17.1. The van der Waals surface area contributed by atoms with Crippen molar-refractivity contribution in [2.24, 2.45) is 0 Å². The average Bonchev–Trinajstić information content (AvgIpc) is 3.24. The summed E-state index contributed by atoms with van der Waals surface area (Å²) in [6.45, 7) is 0.627. The van der Waals surface area contributed by atoms with Crippen LogP contribution in [-0.2, 0) is 4.79 Å². The lowest BCUT2D eigenvalue weighted by atomic mass is 10.3. The first kappa shape index (κ1) is 19.6. The lowest BCUT2D eigenvalue weighted by Gasteiger charge is -2.31. The van der Waals surface area contributed by atoms with Gasteiger partial charge in [0, 0.05) is 25.4 Å². The van der Waals surface area contributed by atoms with Gasteiger partial charge in [0.05, 0.1) is 0 Å². The minimum Gasteiger partial charge on any atom is -0.277 e. The van der Waals surface area contributed by atoms with Gasteiger partial charge in [-0.1, -0.05) is 54.6 Å². The molecule has 1 saturated heterocycles. The second kappa shape index (κ2) is 8.41. The molecule has 4 nitrogen and oxygen atoms in total. The number of rotatable bonds is 5. The highest BCUT2D eigenvalue weighted by Crippen LogP contribution is 2.62. The van der Waals surface area contributed by atoms with E-state index in [2.05, 4.69) is 82.8 Å². The highest BCUT2D eigenvalue weighted by atomic mass is 31.2. The molecule has 2 heterocycles. The molecule has 3 aromatic carbocycles. The van der Waals surface area contributed by atoms with Crippen LogP contribution in [0, 0.1) is 0 Å². The van der Waals surface area contributed by atoms with Gasteiger partial charge in [-0.3, -0.25) is 9.69 Å². The lowest BCUT2D eigenvalue weighted by molar-refractivity contribution is -0.116. The van der Waals surface area contributed by atoms with E-state index in [0.29, 0.717) is 12.5 Å². The summed E-state index contributed by atoms with van der Waals surface area (Å²) >= 11 is 0. The number of amides is 1. The van der Waals surface area contributed by atoms with E-state index in [0.717, 1.165) is 6.42 Å². The molecule has 4 aromatic rings. The summed E-state index contributed by atoms with van der Waals surface area (Å²) < 4.78 is 0. The van der Waals surface area contributed by atoms with E-state index >= 15 is 0 Å². The lowest BCUT2D eigenvalue weighted by Crippen LogP contribution is -2.43. The molecule has 0 radical (unpaired) electrons. The van der Waals surface area contributed by atoms with E-state index in [1.165, 1.54) is 15.9 Å². The molecule has 0 saturated carbocycles. The maximum absolute atomic E-state index is 13.9. The molecule has 1 atom stereocenters. The molecule has 0 N–H and O–H groups in total. The third-order valence-corrected chi connectivity index (χ3v) is 10.7. The Morgan fingerprint density at radius 2 is 1.13 bits per heavy atom. The van der Waals surface area contributed by atoms with Crippen LogP contribution in [0.5, 0.6) is 0 Å². The van der Waals surface area contributed by atoms with Crippen LogP contribution >= 0.6 is 7.26 Å². The van der Waals surface area contributed by atoms with Gasteiger partial charge in [-0.25, -0.2) is 9.97 Å². The molecule has 5 rings (SSSR count). The topological polar surface area (TPSA) is 46.1 Å². The molecule has 1 amide bonds.